The topological polar surface area (TPSA) is 91.0 Å². The molecule has 1 aromatic heterocycles. The Balaban J connectivity index is 2.02. The number of imidazole rings is 1. The van der Waals surface area contributed by atoms with Gasteiger partial charge in [-0.15, -0.1) is 0 Å². The van der Waals surface area contributed by atoms with E-state index in [1.165, 1.54) is 10.4 Å². The van der Waals surface area contributed by atoms with Crippen LogP contribution in [0.2, 0.25) is 0 Å². The molecular weight excluding hydrogens is 326 g/mol. The molecule has 1 fully saturated rings. The third kappa shape index (κ3) is 2.82. The number of hydrogen-bond donors (Lipinski definition) is 1. The molecule has 2 aromatic rings. The Bertz CT molecular complexity index is 897. The molecule has 3 rings (SSSR count). The highest BCUT2D eigenvalue weighted by Crippen LogP contribution is 2.28. The zero-order valence-electron chi connectivity index (χ0n) is 13.6. The molecule has 2 heterocycles. The molecule has 1 N–H and O–H groups in total. The van der Waals surface area contributed by atoms with Crippen LogP contribution in [0.5, 0.6) is 0 Å². The standard InChI is InChI=1S/C16H19N5O2S/c1-12-9-14(4-3-13(12)10-17)24(22,23)21-8-5-18-11-15(21)16-19-6-7-20(16)2/h3-4,6-7,9,15,18H,5,8,11H2,1-2H3. The van der Waals surface area contributed by atoms with Gasteiger partial charge in [0.25, 0.3) is 0 Å². The zero-order chi connectivity index (χ0) is 17.3. The minimum Gasteiger partial charge on any atom is -0.337 e. The molecule has 0 aliphatic carbocycles. The van der Waals surface area contributed by atoms with Crippen LogP contribution < -0.4 is 5.32 Å². The minimum atomic E-state index is -3.67. The molecule has 0 saturated carbocycles. The predicted molar refractivity (Wildman–Crippen MR) is 88.6 cm³/mol. The number of nitrogens with zero attached hydrogens (tertiary/aromatic N) is 4. The van der Waals surface area contributed by atoms with Gasteiger partial charge in [0.15, 0.2) is 0 Å². The van der Waals surface area contributed by atoms with Crippen molar-refractivity contribution in [2.75, 3.05) is 19.6 Å². The van der Waals surface area contributed by atoms with E-state index in [1.807, 2.05) is 11.6 Å². The van der Waals surface area contributed by atoms with E-state index in [2.05, 4.69) is 16.4 Å². The fourth-order valence-electron chi connectivity index (χ4n) is 2.95. The second kappa shape index (κ2) is 6.36. The van der Waals surface area contributed by atoms with E-state index in [-0.39, 0.29) is 10.9 Å². The molecule has 1 aliphatic heterocycles. The number of aryl methyl sites for hydroxylation is 2. The van der Waals surface area contributed by atoms with Crippen molar-refractivity contribution in [2.24, 2.45) is 7.05 Å². The third-order valence-corrected chi connectivity index (χ3v) is 6.18. The van der Waals surface area contributed by atoms with Crippen LogP contribution >= 0.6 is 0 Å². The van der Waals surface area contributed by atoms with Gasteiger partial charge in [0.2, 0.25) is 10.0 Å². The van der Waals surface area contributed by atoms with E-state index in [0.717, 1.165) is 0 Å². The highest BCUT2D eigenvalue weighted by Gasteiger charge is 2.36. The van der Waals surface area contributed by atoms with Gasteiger partial charge >= 0.3 is 0 Å². The van der Waals surface area contributed by atoms with E-state index in [4.69, 9.17) is 5.26 Å². The van der Waals surface area contributed by atoms with Crippen LogP contribution in [0, 0.1) is 18.3 Å². The maximum Gasteiger partial charge on any atom is 0.243 e. The number of rotatable bonds is 3. The van der Waals surface area contributed by atoms with Crippen molar-refractivity contribution < 1.29 is 8.42 Å². The predicted octanol–water partition coefficient (Wildman–Crippen LogP) is 0.935. The summed E-state index contributed by atoms with van der Waals surface area (Å²) < 4.78 is 29.6. The van der Waals surface area contributed by atoms with E-state index in [9.17, 15) is 8.42 Å². The second-order valence-corrected chi connectivity index (χ2v) is 7.71. The number of benzene rings is 1. The lowest BCUT2D eigenvalue weighted by Crippen LogP contribution is -2.49. The summed E-state index contributed by atoms with van der Waals surface area (Å²) in [6.45, 7) is 3.22. The monoisotopic (exact) mass is 345 g/mol. The highest BCUT2D eigenvalue weighted by atomic mass is 32.2. The Morgan fingerprint density at radius 1 is 1.42 bits per heavy atom. The molecular formula is C16H19N5O2S. The molecule has 126 valence electrons. The maximum absolute atomic E-state index is 13.1. The molecule has 0 radical (unpaired) electrons. The van der Waals surface area contributed by atoms with Crippen LogP contribution in [0.4, 0.5) is 0 Å². The molecule has 1 aromatic carbocycles. The van der Waals surface area contributed by atoms with Crippen LogP contribution in [0.15, 0.2) is 35.5 Å². The fourth-order valence-corrected chi connectivity index (χ4v) is 4.62. The van der Waals surface area contributed by atoms with Gasteiger partial charge < -0.3 is 9.88 Å². The summed E-state index contributed by atoms with van der Waals surface area (Å²) in [5, 5.41) is 12.3. The van der Waals surface area contributed by atoms with Crippen molar-refractivity contribution in [1.82, 2.24) is 19.2 Å². The van der Waals surface area contributed by atoms with Crippen LogP contribution in [0.1, 0.15) is 23.0 Å². The Morgan fingerprint density at radius 3 is 2.83 bits per heavy atom. The Kier molecular flexibility index (Phi) is 4.41. The molecule has 1 unspecified atom stereocenters. The van der Waals surface area contributed by atoms with Crippen molar-refractivity contribution in [2.45, 2.75) is 17.9 Å². The molecule has 1 saturated heterocycles. The molecule has 1 aliphatic rings. The molecule has 7 nitrogen and oxygen atoms in total. The quantitative estimate of drug-likeness (QED) is 0.894. The first-order chi connectivity index (χ1) is 11.4. The second-order valence-electron chi connectivity index (χ2n) is 5.82. The molecule has 0 amide bonds. The lowest BCUT2D eigenvalue weighted by atomic mass is 10.1. The maximum atomic E-state index is 13.1. The van der Waals surface area contributed by atoms with Gasteiger partial charge in [-0.3, -0.25) is 0 Å². The normalized spacial score (nSPS) is 19.1. The minimum absolute atomic E-state index is 0.208. The van der Waals surface area contributed by atoms with E-state index < -0.39 is 10.0 Å². The number of sulfonamides is 1. The molecule has 1 atom stereocenters. The summed E-state index contributed by atoms with van der Waals surface area (Å²) >= 11 is 0. The Hall–Kier alpha value is -2.21. The largest absolute Gasteiger partial charge is 0.337 e. The molecule has 0 bridgehead atoms. The summed E-state index contributed by atoms with van der Waals surface area (Å²) in [6, 6.07) is 6.31. The Labute approximate surface area is 141 Å². The number of piperazine rings is 1. The first-order valence-electron chi connectivity index (χ1n) is 7.65. The van der Waals surface area contributed by atoms with Gasteiger partial charge in [0.05, 0.1) is 22.6 Å². The van der Waals surface area contributed by atoms with Crippen LogP contribution in [-0.2, 0) is 17.1 Å². The van der Waals surface area contributed by atoms with E-state index in [0.29, 0.717) is 36.6 Å². The van der Waals surface area contributed by atoms with Crippen molar-refractivity contribution in [3.63, 3.8) is 0 Å². The summed E-state index contributed by atoms with van der Waals surface area (Å²) in [7, 11) is -1.82. The average molecular weight is 345 g/mol. The number of nitrogens with one attached hydrogen (secondary N) is 1. The SMILES string of the molecule is Cc1cc(S(=O)(=O)N2CCNCC2c2nccn2C)ccc1C#N. The Morgan fingerprint density at radius 2 is 2.21 bits per heavy atom. The van der Waals surface area contributed by atoms with Gasteiger partial charge in [-0.1, -0.05) is 0 Å². The molecule has 8 heteroatoms. The lowest BCUT2D eigenvalue weighted by molar-refractivity contribution is 0.258. The smallest absolute Gasteiger partial charge is 0.243 e. The number of nitriles is 1. The number of aromatic nitrogens is 2. The third-order valence-electron chi connectivity index (χ3n) is 4.28. The van der Waals surface area contributed by atoms with Crippen molar-refractivity contribution in [3.05, 3.63) is 47.5 Å². The van der Waals surface area contributed by atoms with Crippen molar-refractivity contribution in [1.29, 1.82) is 5.26 Å². The average Bonchev–Trinajstić information content (AvgIpc) is 3.00. The summed E-state index contributed by atoms with van der Waals surface area (Å²) in [4.78, 5) is 4.52. The molecule has 0 spiro atoms. The van der Waals surface area contributed by atoms with Gasteiger partial charge in [0.1, 0.15) is 5.82 Å². The van der Waals surface area contributed by atoms with E-state index >= 15 is 0 Å². The first-order valence-corrected chi connectivity index (χ1v) is 9.09. The zero-order valence-corrected chi connectivity index (χ0v) is 14.4. The fraction of sp³-hybridized carbons (Fsp3) is 0.375. The van der Waals surface area contributed by atoms with Crippen molar-refractivity contribution in [3.8, 4) is 6.07 Å². The van der Waals surface area contributed by atoms with Crippen LogP contribution in [0.25, 0.3) is 0 Å². The number of hydrogen-bond acceptors (Lipinski definition) is 5. The van der Waals surface area contributed by atoms with Crippen LogP contribution in [-0.4, -0.2) is 41.9 Å². The van der Waals surface area contributed by atoms with E-state index in [1.54, 1.807) is 31.5 Å². The van der Waals surface area contributed by atoms with Crippen molar-refractivity contribution >= 4 is 10.0 Å². The first kappa shape index (κ1) is 16.6. The van der Waals surface area contributed by atoms with Crippen LogP contribution in [0.3, 0.4) is 0 Å². The van der Waals surface area contributed by atoms with Gasteiger partial charge in [-0.25, -0.2) is 13.4 Å². The summed E-state index contributed by atoms with van der Waals surface area (Å²) in [5.41, 5.74) is 1.14. The van der Waals surface area contributed by atoms with Gasteiger partial charge in [0, 0.05) is 39.1 Å². The molecule has 24 heavy (non-hydrogen) atoms. The van der Waals surface area contributed by atoms with Gasteiger partial charge in [-0.05, 0) is 30.7 Å². The van der Waals surface area contributed by atoms with Gasteiger partial charge in [-0.2, -0.15) is 9.57 Å². The lowest BCUT2D eigenvalue weighted by Gasteiger charge is -2.34. The summed E-state index contributed by atoms with van der Waals surface area (Å²) in [6.07, 6.45) is 3.47. The highest BCUT2D eigenvalue weighted by molar-refractivity contribution is 7.89. The summed E-state index contributed by atoms with van der Waals surface area (Å²) in [5.74, 6) is 0.705.